The van der Waals surface area contributed by atoms with Crippen LogP contribution < -0.4 is 20.1 Å². The second kappa shape index (κ2) is 9.02. The predicted molar refractivity (Wildman–Crippen MR) is 112 cm³/mol. The molecule has 30 heavy (non-hydrogen) atoms. The highest BCUT2D eigenvalue weighted by Crippen LogP contribution is 2.35. The Morgan fingerprint density at radius 1 is 1.30 bits per heavy atom. The van der Waals surface area contributed by atoms with Gasteiger partial charge in [0, 0.05) is 17.8 Å². The molecule has 0 bridgehead atoms. The number of fused-ring (bicyclic) bond motifs is 1. The summed E-state index contributed by atoms with van der Waals surface area (Å²) in [5.41, 5.74) is 1.84. The fraction of sp³-hybridized carbons (Fsp3) is 0.409. The minimum Gasteiger partial charge on any atom is -0.490 e. The molecule has 1 aliphatic carbocycles. The van der Waals surface area contributed by atoms with Gasteiger partial charge >= 0.3 is 0 Å². The zero-order chi connectivity index (χ0) is 20.9. The second-order valence-corrected chi connectivity index (χ2v) is 7.50. The molecule has 2 aliphatic rings. The van der Waals surface area contributed by atoms with Crippen molar-refractivity contribution < 1.29 is 19.1 Å². The first-order valence-electron chi connectivity index (χ1n) is 10.3. The first-order valence-corrected chi connectivity index (χ1v) is 10.3. The first kappa shape index (κ1) is 20.0. The zero-order valence-corrected chi connectivity index (χ0v) is 17.0. The highest BCUT2D eigenvalue weighted by molar-refractivity contribution is 6.07. The van der Waals surface area contributed by atoms with Crippen molar-refractivity contribution in [1.82, 2.24) is 15.1 Å². The van der Waals surface area contributed by atoms with Crippen LogP contribution in [0.5, 0.6) is 11.5 Å². The van der Waals surface area contributed by atoms with Crippen LogP contribution in [0.1, 0.15) is 38.2 Å². The SMILES string of the molecule is CCOc1cccc2c1OCC(C(=O)Nc1cnn(CC(=O)NC3CCCC3)c1)=C2. The molecule has 158 valence electrons. The Kier molecular flexibility index (Phi) is 6.02. The molecule has 2 amide bonds. The van der Waals surface area contributed by atoms with Gasteiger partial charge in [-0.2, -0.15) is 5.10 Å². The van der Waals surface area contributed by atoms with Gasteiger partial charge in [-0.25, -0.2) is 0 Å². The number of carbonyl (C=O) groups is 2. The number of anilines is 1. The maximum atomic E-state index is 12.6. The van der Waals surface area contributed by atoms with E-state index >= 15 is 0 Å². The van der Waals surface area contributed by atoms with Gasteiger partial charge in [-0.05, 0) is 31.9 Å². The molecular weight excluding hydrogens is 384 g/mol. The average Bonchev–Trinajstić information content (AvgIpc) is 3.40. The number of nitrogens with one attached hydrogen (secondary N) is 2. The van der Waals surface area contributed by atoms with Crippen LogP contribution in [0.15, 0.2) is 36.2 Å². The number of rotatable bonds is 7. The van der Waals surface area contributed by atoms with Crippen molar-refractivity contribution >= 4 is 23.6 Å². The fourth-order valence-corrected chi connectivity index (χ4v) is 3.80. The van der Waals surface area contributed by atoms with Crippen LogP contribution in [0, 0.1) is 0 Å². The van der Waals surface area contributed by atoms with Crippen molar-refractivity contribution in [3.05, 3.63) is 41.7 Å². The maximum absolute atomic E-state index is 12.6. The van der Waals surface area contributed by atoms with Crippen molar-refractivity contribution in [1.29, 1.82) is 0 Å². The minimum absolute atomic E-state index is 0.0621. The number of carbonyl (C=O) groups excluding carboxylic acids is 2. The van der Waals surface area contributed by atoms with E-state index in [1.54, 1.807) is 12.3 Å². The molecule has 1 saturated carbocycles. The van der Waals surface area contributed by atoms with E-state index in [0.717, 1.165) is 18.4 Å². The number of ether oxygens (including phenoxy) is 2. The summed E-state index contributed by atoms with van der Waals surface area (Å²) in [6, 6.07) is 5.87. The van der Waals surface area contributed by atoms with Crippen molar-refractivity contribution in [2.75, 3.05) is 18.5 Å². The molecule has 1 aromatic carbocycles. The molecule has 0 atom stereocenters. The van der Waals surface area contributed by atoms with Crippen molar-refractivity contribution in [2.24, 2.45) is 0 Å². The van der Waals surface area contributed by atoms with Gasteiger partial charge in [-0.1, -0.05) is 25.0 Å². The Bertz CT molecular complexity index is 960. The monoisotopic (exact) mass is 410 g/mol. The summed E-state index contributed by atoms with van der Waals surface area (Å²) in [5.74, 6) is 0.991. The van der Waals surface area contributed by atoms with Crippen LogP contribution in [-0.4, -0.2) is 40.9 Å². The molecular formula is C22H26N4O4. The van der Waals surface area contributed by atoms with E-state index in [-0.39, 0.29) is 31.0 Å². The van der Waals surface area contributed by atoms with Crippen LogP contribution in [-0.2, 0) is 16.1 Å². The van der Waals surface area contributed by atoms with Crippen LogP contribution >= 0.6 is 0 Å². The molecule has 4 rings (SSSR count). The van der Waals surface area contributed by atoms with Gasteiger partial charge < -0.3 is 20.1 Å². The Balaban J connectivity index is 1.36. The molecule has 0 saturated heterocycles. The molecule has 1 aliphatic heterocycles. The molecule has 8 heteroatoms. The lowest BCUT2D eigenvalue weighted by molar-refractivity contribution is -0.122. The predicted octanol–water partition coefficient (Wildman–Crippen LogP) is 2.76. The van der Waals surface area contributed by atoms with Gasteiger partial charge in [0.05, 0.1) is 24.1 Å². The molecule has 0 radical (unpaired) electrons. The van der Waals surface area contributed by atoms with E-state index in [4.69, 9.17) is 9.47 Å². The van der Waals surface area contributed by atoms with Crippen molar-refractivity contribution in [3.8, 4) is 11.5 Å². The van der Waals surface area contributed by atoms with E-state index in [2.05, 4.69) is 15.7 Å². The van der Waals surface area contributed by atoms with Crippen LogP contribution in [0.3, 0.4) is 0 Å². The van der Waals surface area contributed by atoms with E-state index in [1.165, 1.54) is 23.7 Å². The molecule has 1 fully saturated rings. The quantitative estimate of drug-likeness (QED) is 0.732. The van der Waals surface area contributed by atoms with E-state index in [0.29, 0.717) is 29.4 Å². The molecule has 2 aromatic rings. The normalized spacial score (nSPS) is 15.7. The summed E-state index contributed by atoms with van der Waals surface area (Å²) in [6.07, 6.45) is 9.40. The molecule has 0 unspecified atom stereocenters. The smallest absolute Gasteiger partial charge is 0.255 e. The third kappa shape index (κ3) is 4.64. The van der Waals surface area contributed by atoms with E-state index in [9.17, 15) is 9.59 Å². The first-order chi connectivity index (χ1) is 14.6. The lowest BCUT2D eigenvalue weighted by Crippen LogP contribution is -2.35. The lowest BCUT2D eigenvalue weighted by atomic mass is 10.1. The zero-order valence-electron chi connectivity index (χ0n) is 17.0. The van der Waals surface area contributed by atoms with Crippen LogP contribution in [0.2, 0.25) is 0 Å². The Morgan fingerprint density at radius 2 is 2.13 bits per heavy atom. The summed E-state index contributed by atoms with van der Waals surface area (Å²) in [5, 5.41) is 10.0. The van der Waals surface area contributed by atoms with Gasteiger partial charge in [0.15, 0.2) is 11.5 Å². The van der Waals surface area contributed by atoms with E-state index in [1.807, 2.05) is 25.1 Å². The number of aromatic nitrogens is 2. The van der Waals surface area contributed by atoms with Crippen molar-refractivity contribution in [2.45, 2.75) is 45.2 Å². The fourth-order valence-electron chi connectivity index (χ4n) is 3.80. The molecule has 2 N–H and O–H groups in total. The Hall–Kier alpha value is -3.29. The minimum atomic E-state index is -0.266. The Morgan fingerprint density at radius 3 is 2.93 bits per heavy atom. The highest BCUT2D eigenvalue weighted by Gasteiger charge is 2.21. The van der Waals surface area contributed by atoms with Gasteiger partial charge in [0.1, 0.15) is 13.2 Å². The molecule has 8 nitrogen and oxygen atoms in total. The number of benzene rings is 1. The lowest BCUT2D eigenvalue weighted by Gasteiger charge is -2.20. The molecule has 2 heterocycles. The van der Waals surface area contributed by atoms with Gasteiger partial charge in [-0.15, -0.1) is 0 Å². The number of hydrogen-bond acceptors (Lipinski definition) is 5. The summed E-state index contributed by atoms with van der Waals surface area (Å²) in [6.45, 7) is 2.74. The number of hydrogen-bond donors (Lipinski definition) is 2. The highest BCUT2D eigenvalue weighted by atomic mass is 16.5. The standard InChI is InChI=1S/C22H26N4O4/c1-2-29-19-9-5-6-15-10-16(14-30-21(15)19)22(28)25-18-11-23-26(12-18)13-20(27)24-17-7-3-4-8-17/h5-6,9-12,17H,2-4,7-8,13-14H2,1H3,(H,24,27)(H,25,28). The molecule has 1 aromatic heterocycles. The average molecular weight is 410 g/mol. The van der Waals surface area contributed by atoms with Gasteiger partial charge in [0.25, 0.3) is 5.91 Å². The van der Waals surface area contributed by atoms with Crippen molar-refractivity contribution in [3.63, 3.8) is 0 Å². The summed E-state index contributed by atoms with van der Waals surface area (Å²) in [7, 11) is 0. The number of nitrogens with zero attached hydrogens (tertiary/aromatic N) is 2. The van der Waals surface area contributed by atoms with Crippen LogP contribution in [0.25, 0.3) is 6.08 Å². The third-order valence-electron chi connectivity index (χ3n) is 5.22. The summed E-state index contributed by atoms with van der Waals surface area (Å²) >= 11 is 0. The second-order valence-electron chi connectivity index (χ2n) is 7.50. The summed E-state index contributed by atoms with van der Waals surface area (Å²) < 4.78 is 12.9. The third-order valence-corrected chi connectivity index (χ3v) is 5.22. The van der Waals surface area contributed by atoms with E-state index < -0.39 is 0 Å². The van der Waals surface area contributed by atoms with Crippen LogP contribution in [0.4, 0.5) is 5.69 Å². The van der Waals surface area contributed by atoms with Gasteiger partial charge in [-0.3, -0.25) is 14.3 Å². The largest absolute Gasteiger partial charge is 0.490 e. The number of para-hydroxylation sites is 1. The number of amides is 2. The summed E-state index contributed by atoms with van der Waals surface area (Å²) in [4.78, 5) is 24.8. The maximum Gasteiger partial charge on any atom is 0.255 e. The topological polar surface area (TPSA) is 94.5 Å². The van der Waals surface area contributed by atoms with Gasteiger partial charge in [0.2, 0.25) is 5.91 Å². The molecule has 0 spiro atoms. The Labute approximate surface area is 175 Å².